The van der Waals surface area contributed by atoms with E-state index in [-0.39, 0.29) is 12.1 Å². The Balaban J connectivity index is 1.31. The van der Waals surface area contributed by atoms with Gasteiger partial charge in [0.25, 0.3) is 0 Å². The Bertz CT molecular complexity index is 964. The van der Waals surface area contributed by atoms with Crippen LogP contribution in [-0.2, 0) is 0 Å². The van der Waals surface area contributed by atoms with E-state index in [9.17, 15) is 4.79 Å². The minimum absolute atomic E-state index is 0.0182. The fourth-order valence-corrected chi connectivity index (χ4v) is 3.43. The molecule has 2 heterocycles. The van der Waals surface area contributed by atoms with Gasteiger partial charge in [0.05, 0.1) is 12.8 Å². The minimum atomic E-state index is -0.0995. The second-order valence-electron chi connectivity index (χ2n) is 6.93. The van der Waals surface area contributed by atoms with Crippen LogP contribution >= 0.6 is 0 Å². The quantitative estimate of drug-likeness (QED) is 0.707. The van der Waals surface area contributed by atoms with E-state index in [1.807, 2.05) is 60.4 Å². The molecule has 1 fully saturated rings. The van der Waals surface area contributed by atoms with Gasteiger partial charge in [0.15, 0.2) is 0 Å². The lowest BCUT2D eigenvalue weighted by Gasteiger charge is -2.32. The number of piperidine rings is 1. The summed E-state index contributed by atoms with van der Waals surface area (Å²) in [6.07, 6.45) is 3.25. The van der Waals surface area contributed by atoms with E-state index < -0.39 is 0 Å². The zero-order chi connectivity index (χ0) is 20.1. The lowest BCUT2D eigenvalue weighted by atomic mass is 10.1. The summed E-state index contributed by atoms with van der Waals surface area (Å²) >= 11 is 0. The van der Waals surface area contributed by atoms with Crippen LogP contribution in [0.2, 0.25) is 0 Å². The highest BCUT2D eigenvalue weighted by Gasteiger charge is 2.25. The molecule has 0 unspecified atom stereocenters. The van der Waals surface area contributed by atoms with E-state index in [4.69, 9.17) is 9.47 Å². The Morgan fingerprint density at radius 1 is 1.14 bits per heavy atom. The van der Waals surface area contributed by atoms with Crippen LogP contribution in [0.15, 0.2) is 54.7 Å². The average Bonchev–Trinajstić information content (AvgIpc) is 2.76. The molecule has 29 heavy (non-hydrogen) atoms. The van der Waals surface area contributed by atoms with E-state index >= 15 is 0 Å². The molecule has 0 aliphatic carbocycles. The van der Waals surface area contributed by atoms with Crippen molar-refractivity contribution in [2.24, 2.45) is 0 Å². The van der Waals surface area contributed by atoms with Crippen molar-refractivity contribution in [2.45, 2.75) is 25.9 Å². The number of carbonyl (C=O) groups is 1. The molecule has 0 saturated carbocycles. The number of likely N-dealkylation sites (tertiary alicyclic amines) is 1. The number of nitrogens with one attached hydrogen (secondary N) is 1. The molecule has 1 aromatic heterocycles. The maximum Gasteiger partial charge on any atom is 0.321 e. The van der Waals surface area contributed by atoms with E-state index in [0.29, 0.717) is 25.6 Å². The number of benzene rings is 2. The first-order valence-electron chi connectivity index (χ1n) is 9.89. The van der Waals surface area contributed by atoms with Gasteiger partial charge in [-0.05, 0) is 37.3 Å². The molecule has 150 valence electrons. The third kappa shape index (κ3) is 4.56. The standard InChI is InChI=1S/C22H24N4O3/c1-2-28-18-9-7-17(8-10-18)24-22(27)26-13-11-19(12-14-26)29-21-20-6-4-3-5-16(20)15-23-25-21/h3-10,15,19H,2,11-14H2,1H3,(H,24,27). The molecular weight excluding hydrogens is 368 g/mol. The number of fused-ring (bicyclic) bond motifs is 1. The molecule has 7 nitrogen and oxygen atoms in total. The number of hydrogen-bond acceptors (Lipinski definition) is 5. The predicted molar refractivity (Wildman–Crippen MR) is 111 cm³/mol. The molecule has 7 heteroatoms. The van der Waals surface area contributed by atoms with Crippen molar-refractivity contribution < 1.29 is 14.3 Å². The molecule has 1 saturated heterocycles. The molecule has 0 spiro atoms. The van der Waals surface area contributed by atoms with Crippen molar-refractivity contribution >= 4 is 22.5 Å². The van der Waals surface area contributed by atoms with Gasteiger partial charge < -0.3 is 19.7 Å². The zero-order valence-electron chi connectivity index (χ0n) is 16.4. The lowest BCUT2D eigenvalue weighted by Crippen LogP contribution is -2.43. The molecule has 2 aromatic carbocycles. The first-order valence-corrected chi connectivity index (χ1v) is 9.89. The monoisotopic (exact) mass is 392 g/mol. The second kappa shape index (κ2) is 8.77. The molecular formula is C22H24N4O3. The third-order valence-corrected chi connectivity index (χ3v) is 4.96. The molecule has 1 aliphatic heterocycles. The second-order valence-corrected chi connectivity index (χ2v) is 6.93. The van der Waals surface area contributed by atoms with Gasteiger partial charge in [0.1, 0.15) is 11.9 Å². The summed E-state index contributed by atoms with van der Waals surface area (Å²) in [4.78, 5) is 14.3. The number of nitrogens with zero attached hydrogens (tertiary/aromatic N) is 3. The van der Waals surface area contributed by atoms with Crippen molar-refractivity contribution in [3.63, 3.8) is 0 Å². The van der Waals surface area contributed by atoms with Gasteiger partial charge in [-0.3, -0.25) is 0 Å². The Morgan fingerprint density at radius 2 is 1.90 bits per heavy atom. The summed E-state index contributed by atoms with van der Waals surface area (Å²) in [7, 11) is 0. The Kier molecular flexibility index (Phi) is 5.74. The third-order valence-electron chi connectivity index (χ3n) is 4.96. The van der Waals surface area contributed by atoms with Crippen molar-refractivity contribution in [1.82, 2.24) is 15.1 Å². The average molecular weight is 392 g/mol. The number of urea groups is 1. The number of anilines is 1. The first kappa shape index (κ1) is 19.0. The molecule has 1 N–H and O–H groups in total. The van der Waals surface area contributed by atoms with Gasteiger partial charge in [0.2, 0.25) is 5.88 Å². The summed E-state index contributed by atoms with van der Waals surface area (Å²) in [6.45, 7) is 3.82. The van der Waals surface area contributed by atoms with Gasteiger partial charge in [-0.25, -0.2) is 4.79 Å². The number of amides is 2. The summed E-state index contributed by atoms with van der Waals surface area (Å²) in [5.74, 6) is 1.35. The maximum atomic E-state index is 12.5. The number of hydrogen-bond donors (Lipinski definition) is 1. The smallest absolute Gasteiger partial charge is 0.321 e. The summed E-state index contributed by atoms with van der Waals surface area (Å²) in [5.41, 5.74) is 0.753. The van der Waals surface area contributed by atoms with Crippen molar-refractivity contribution in [3.8, 4) is 11.6 Å². The molecule has 3 aromatic rings. The fourth-order valence-electron chi connectivity index (χ4n) is 3.43. The Labute approximate surface area is 169 Å². The minimum Gasteiger partial charge on any atom is -0.494 e. The SMILES string of the molecule is CCOc1ccc(NC(=O)N2CCC(Oc3nncc4ccccc34)CC2)cc1. The summed E-state index contributed by atoms with van der Waals surface area (Å²) in [6, 6.07) is 15.2. The molecule has 4 rings (SSSR count). The van der Waals surface area contributed by atoms with Crippen LogP contribution < -0.4 is 14.8 Å². The zero-order valence-corrected chi connectivity index (χ0v) is 16.4. The van der Waals surface area contributed by atoms with E-state index in [0.717, 1.165) is 35.1 Å². The maximum absolute atomic E-state index is 12.5. The van der Waals surface area contributed by atoms with E-state index in [1.165, 1.54) is 0 Å². The molecule has 0 radical (unpaired) electrons. The van der Waals surface area contributed by atoms with Crippen molar-refractivity contribution in [2.75, 3.05) is 25.0 Å². The van der Waals surface area contributed by atoms with Crippen LogP contribution in [0.3, 0.4) is 0 Å². The van der Waals surface area contributed by atoms with Gasteiger partial charge in [-0.1, -0.05) is 18.2 Å². The van der Waals surface area contributed by atoms with Crippen LogP contribution in [0, 0.1) is 0 Å². The van der Waals surface area contributed by atoms with Crippen LogP contribution in [-0.4, -0.2) is 46.9 Å². The molecule has 1 aliphatic rings. The Hall–Kier alpha value is -3.35. The van der Waals surface area contributed by atoms with Crippen molar-refractivity contribution in [3.05, 3.63) is 54.7 Å². The highest BCUT2D eigenvalue weighted by atomic mass is 16.5. The van der Waals surface area contributed by atoms with Gasteiger partial charge >= 0.3 is 6.03 Å². The number of ether oxygens (including phenoxy) is 2. The normalized spacial score (nSPS) is 14.6. The highest BCUT2D eigenvalue weighted by Crippen LogP contribution is 2.25. The van der Waals surface area contributed by atoms with Crippen LogP contribution in [0.4, 0.5) is 10.5 Å². The highest BCUT2D eigenvalue weighted by molar-refractivity contribution is 5.89. The van der Waals surface area contributed by atoms with Gasteiger partial charge in [0, 0.05) is 42.4 Å². The number of rotatable bonds is 5. The Morgan fingerprint density at radius 3 is 2.66 bits per heavy atom. The predicted octanol–water partition coefficient (Wildman–Crippen LogP) is 4.10. The van der Waals surface area contributed by atoms with E-state index in [2.05, 4.69) is 15.5 Å². The number of aromatic nitrogens is 2. The summed E-state index contributed by atoms with van der Waals surface area (Å²) < 4.78 is 11.5. The first-order chi connectivity index (χ1) is 14.2. The van der Waals surface area contributed by atoms with Gasteiger partial charge in [-0.2, -0.15) is 5.10 Å². The molecule has 0 bridgehead atoms. The van der Waals surface area contributed by atoms with Crippen molar-refractivity contribution in [1.29, 1.82) is 0 Å². The molecule has 2 amide bonds. The van der Waals surface area contributed by atoms with Crippen LogP contribution in [0.25, 0.3) is 10.8 Å². The van der Waals surface area contributed by atoms with Gasteiger partial charge in [-0.15, -0.1) is 5.10 Å². The van der Waals surface area contributed by atoms with E-state index in [1.54, 1.807) is 6.20 Å². The number of carbonyl (C=O) groups excluding carboxylic acids is 1. The summed E-state index contributed by atoms with van der Waals surface area (Å²) in [5, 5.41) is 13.1. The molecule has 0 atom stereocenters. The fraction of sp³-hybridized carbons (Fsp3) is 0.318. The largest absolute Gasteiger partial charge is 0.494 e. The lowest BCUT2D eigenvalue weighted by molar-refractivity contribution is 0.112. The van der Waals surface area contributed by atoms with Crippen LogP contribution in [0.1, 0.15) is 19.8 Å². The van der Waals surface area contributed by atoms with Crippen LogP contribution in [0.5, 0.6) is 11.6 Å². The topological polar surface area (TPSA) is 76.6 Å².